The van der Waals surface area contributed by atoms with Crippen molar-refractivity contribution in [3.63, 3.8) is 0 Å². The van der Waals surface area contributed by atoms with Gasteiger partial charge in [0.05, 0.1) is 12.6 Å². The van der Waals surface area contributed by atoms with Crippen molar-refractivity contribution in [1.29, 1.82) is 0 Å². The molecule has 0 aromatic heterocycles. The van der Waals surface area contributed by atoms with Gasteiger partial charge in [-0.15, -0.1) is 0 Å². The van der Waals surface area contributed by atoms with Gasteiger partial charge in [-0.2, -0.15) is 0 Å². The third-order valence-corrected chi connectivity index (χ3v) is 3.83. The van der Waals surface area contributed by atoms with Crippen molar-refractivity contribution in [2.75, 3.05) is 26.2 Å². The molecule has 2 atom stereocenters. The Kier molecular flexibility index (Phi) is 6.65. The van der Waals surface area contributed by atoms with Gasteiger partial charge in [0.2, 0.25) is 0 Å². The van der Waals surface area contributed by atoms with Crippen molar-refractivity contribution in [3.05, 3.63) is 30.1 Å². The summed E-state index contributed by atoms with van der Waals surface area (Å²) >= 11 is 0. The summed E-state index contributed by atoms with van der Waals surface area (Å²) in [5.41, 5.74) is 0. The highest BCUT2D eigenvalue weighted by molar-refractivity contribution is 5.80. The molecule has 2 N–H and O–H groups in total. The number of hydrogen-bond donors (Lipinski definition) is 2. The number of halogens is 1. The van der Waals surface area contributed by atoms with E-state index < -0.39 is 0 Å². The first-order chi connectivity index (χ1) is 11.1. The maximum Gasteiger partial charge on any atom is 0.194 e. The molecule has 23 heavy (non-hydrogen) atoms. The predicted octanol–water partition coefficient (Wildman–Crippen LogP) is 2.02. The number of aliphatic hydroxyl groups is 1. The second kappa shape index (κ2) is 8.72. The largest absolute Gasteiger partial charge is 0.485 e. The van der Waals surface area contributed by atoms with Crippen molar-refractivity contribution >= 4 is 5.96 Å². The number of guanidine groups is 1. The summed E-state index contributed by atoms with van der Waals surface area (Å²) in [5, 5.41) is 12.9. The molecule has 128 valence electrons. The number of β-amino-alcohol motifs (C(OH)–C–C–N with tert-alkyl or cyclic N) is 1. The van der Waals surface area contributed by atoms with Crippen LogP contribution in [0.2, 0.25) is 0 Å². The minimum atomic E-state index is -0.357. The zero-order valence-corrected chi connectivity index (χ0v) is 13.8. The predicted molar refractivity (Wildman–Crippen MR) is 89.3 cm³/mol. The molecule has 0 radical (unpaired) electrons. The Morgan fingerprint density at radius 1 is 1.48 bits per heavy atom. The highest BCUT2D eigenvalue weighted by atomic mass is 19.1. The summed E-state index contributed by atoms with van der Waals surface area (Å²) in [6.07, 6.45) is 1.01. The van der Waals surface area contributed by atoms with Crippen molar-refractivity contribution in [2.24, 2.45) is 4.99 Å². The van der Waals surface area contributed by atoms with Crippen LogP contribution >= 0.6 is 0 Å². The van der Waals surface area contributed by atoms with Crippen LogP contribution in [-0.2, 0) is 0 Å². The van der Waals surface area contributed by atoms with Gasteiger partial charge in [-0.1, -0.05) is 19.1 Å². The third kappa shape index (κ3) is 5.10. The summed E-state index contributed by atoms with van der Waals surface area (Å²) in [6.45, 7) is 6.59. The van der Waals surface area contributed by atoms with Crippen LogP contribution in [-0.4, -0.2) is 54.4 Å². The quantitative estimate of drug-likeness (QED) is 0.621. The zero-order chi connectivity index (χ0) is 16.7. The van der Waals surface area contributed by atoms with E-state index in [-0.39, 0.29) is 23.8 Å². The maximum atomic E-state index is 13.7. The van der Waals surface area contributed by atoms with Crippen LogP contribution < -0.4 is 10.1 Å². The lowest BCUT2D eigenvalue weighted by molar-refractivity contribution is 0.187. The van der Waals surface area contributed by atoms with E-state index in [0.717, 1.165) is 31.9 Å². The van der Waals surface area contributed by atoms with Gasteiger partial charge in [0.15, 0.2) is 17.5 Å². The Morgan fingerprint density at radius 3 is 2.87 bits per heavy atom. The Balaban J connectivity index is 1.99. The zero-order valence-electron chi connectivity index (χ0n) is 13.8. The van der Waals surface area contributed by atoms with E-state index in [4.69, 9.17) is 4.74 Å². The summed E-state index contributed by atoms with van der Waals surface area (Å²) in [4.78, 5) is 6.65. The summed E-state index contributed by atoms with van der Waals surface area (Å²) < 4.78 is 19.4. The van der Waals surface area contributed by atoms with Crippen LogP contribution in [0, 0.1) is 5.82 Å². The Hall–Kier alpha value is -1.82. The highest BCUT2D eigenvalue weighted by Crippen LogP contribution is 2.18. The minimum Gasteiger partial charge on any atom is -0.485 e. The van der Waals surface area contributed by atoms with Gasteiger partial charge in [0.1, 0.15) is 6.10 Å². The Labute approximate surface area is 137 Å². The fraction of sp³-hybridized carbons (Fsp3) is 0.588. The highest BCUT2D eigenvalue weighted by Gasteiger charge is 2.23. The molecule has 1 aliphatic rings. The lowest BCUT2D eigenvalue weighted by atomic mass is 10.2. The lowest BCUT2D eigenvalue weighted by Crippen LogP contribution is -2.41. The SMILES string of the molecule is CCNC(=NCC(CC)Oc1ccccc1F)N1CC[C@@H](O)C1. The smallest absolute Gasteiger partial charge is 0.194 e. The van der Waals surface area contributed by atoms with Crippen molar-refractivity contribution < 1.29 is 14.2 Å². The first-order valence-electron chi connectivity index (χ1n) is 8.26. The third-order valence-electron chi connectivity index (χ3n) is 3.83. The second-order valence-electron chi connectivity index (χ2n) is 5.66. The standard InChI is InChI=1S/C17H26FN3O2/c1-3-14(23-16-8-6-5-7-15(16)18)11-20-17(19-4-2)21-10-9-13(22)12-21/h5-8,13-14,22H,3-4,9-12H2,1-2H3,(H,19,20)/t13-,14?/m1/s1. The van der Waals surface area contributed by atoms with E-state index in [1.807, 2.05) is 18.7 Å². The van der Waals surface area contributed by atoms with E-state index in [9.17, 15) is 9.50 Å². The minimum absolute atomic E-state index is 0.187. The summed E-state index contributed by atoms with van der Waals surface area (Å²) in [5.74, 6) is 0.681. The molecule has 1 aromatic carbocycles. The summed E-state index contributed by atoms with van der Waals surface area (Å²) in [7, 11) is 0. The van der Waals surface area contributed by atoms with E-state index in [1.165, 1.54) is 6.07 Å². The van der Waals surface area contributed by atoms with E-state index in [1.54, 1.807) is 18.2 Å². The molecule has 0 amide bonds. The number of rotatable bonds is 6. The number of hydrogen-bond acceptors (Lipinski definition) is 3. The van der Waals surface area contributed by atoms with Gasteiger partial charge >= 0.3 is 0 Å². The number of likely N-dealkylation sites (tertiary alicyclic amines) is 1. The number of benzene rings is 1. The number of nitrogens with one attached hydrogen (secondary N) is 1. The maximum absolute atomic E-state index is 13.7. The van der Waals surface area contributed by atoms with Crippen LogP contribution in [0.5, 0.6) is 5.75 Å². The van der Waals surface area contributed by atoms with Gasteiger partial charge in [-0.25, -0.2) is 9.38 Å². The monoisotopic (exact) mass is 323 g/mol. The number of aliphatic hydroxyl groups excluding tert-OH is 1. The second-order valence-corrected chi connectivity index (χ2v) is 5.66. The van der Waals surface area contributed by atoms with Gasteiger partial charge in [-0.3, -0.25) is 0 Å². The molecule has 0 aliphatic carbocycles. The van der Waals surface area contributed by atoms with Gasteiger partial charge in [-0.05, 0) is 31.9 Å². The number of nitrogens with zero attached hydrogens (tertiary/aromatic N) is 2. The molecular formula is C17H26FN3O2. The van der Waals surface area contributed by atoms with Gasteiger partial charge in [0, 0.05) is 19.6 Å². The first kappa shape index (κ1) is 17.5. The van der Waals surface area contributed by atoms with Gasteiger partial charge < -0.3 is 20.1 Å². The molecule has 5 nitrogen and oxygen atoms in total. The molecule has 6 heteroatoms. The van der Waals surface area contributed by atoms with Crippen LogP contribution in [0.1, 0.15) is 26.7 Å². The fourth-order valence-electron chi connectivity index (χ4n) is 2.52. The van der Waals surface area contributed by atoms with Gasteiger partial charge in [0.25, 0.3) is 0 Å². The van der Waals surface area contributed by atoms with Crippen molar-refractivity contribution in [3.8, 4) is 5.75 Å². The average Bonchev–Trinajstić information content (AvgIpc) is 2.98. The van der Waals surface area contributed by atoms with Crippen molar-refractivity contribution in [1.82, 2.24) is 10.2 Å². The molecule has 1 unspecified atom stereocenters. The molecule has 1 saturated heterocycles. The normalized spacial score (nSPS) is 19.7. The topological polar surface area (TPSA) is 57.1 Å². The molecule has 1 aromatic rings. The lowest BCUT2D eigenvalue weighted by Gasteiger charge is -2.22. The molecule has 0 saturated carbocycles. The first-order valence-corrected chi connectivity index (χ1v) is 8.26. The van der Waals surface area contributed by atoms with Crippen LogP contribution in [0.25, 0.3) is 0 Å². The Morgan fingerprint density at radius 2 is 2.26 bits per heavy atom. The van der Waals surface area contributed by atoms with E-state index >= 15 is 0 Å². The number of aliphatic imine (C=N–C) groups is 1. The van der Waals surface area contributed by atoms with Crippen molar-refractivity contribution in [2.45, 2.75) is 38.9 Å². The molecule has 0 bridgehead atoms. The molecule has 1 fully saturated rings. The Bertz CT molecular complexity index is 524. The van der Waals surface area contributed by atoms with E-state index in [2.05, 4.69) is 10.3 Å². The van der Waals surface area contributed by atoms with Crippen LogP contribution in [0.3, 0.4) is 0 Å². The molecule has 1 aliphatic heterocycles. The molecular weight excluding hydrogens is 297 g/mol. The number of ether oxygens (including phenoxy) is 1. The summed E-state index contributed by atoms with van der Waals surface area (Å²) in [6, 6.07) is 6.41. The average molecular weight is 323 g/mol. The number of para-hydroxylation sites is 1. The fourth-order valence-corrected chi connectivity index (χ4v) is 2.52. The molecule has 2 rings (SSSR count). The molecule has 1 heterocycles. The molecule has 0 spiro atoms. The van der Waals surface area contributed by atoms with Crippen LogP contribution in [0.4, 0.5) is 4.39 Å². The van der Waals surface area contributed by atoms with Crippen LogP contribution in [0.15, 0.2) is 29.3 Å². The van der Waals surface area contributed by atoms with E-state index in [0.29, 0.717) is 13.1 Å².